The number of rotatable bonds is 5. The van der Waals surface area contributed by atoms with Crippen molar-refractivity contribution >= 4 is 35.0 Å². The number of hydrogen-bond acceptors (Lipinski definition) is 6. The average Bonchev–Trinajstić information content (AvgIpc) is 3.33. The number of benzene rings is 1. The number of nitrogens with one attached hydrogen (secondary N) is 1. The van der Waals surface area contributed by atoms with Gasteiger partial charge in [-0.25, -0.2) is 0 Å². The lowest BCUT2D eigenvalue weighted by Gasteiger charge is -2.33. The number of thiophene rings is 1. The lowest BCUT2D eigenvalue weighted by Crippen LogP contribution is -3.14. The monoisotopic (exact) mass is 401 g/mol. The van der Waals surface area contributed by atoms with Crippen LogP contribution in [0.4, 0.5) is 5.69 Å². The van der Waals surface area contributed by atoms with Crippen molar-refractivity contribution < 1.29 is 14.1 Å². The molecule has 0 unspecified atom stereocenters. The van der Waals surface area contributed by atoms with Crippen molar-refractivity contribution in [2.24, 2.45) is 0 Å². The second-order valence-electron chi connectivity index (χ2n) is 6.65. The average molecular weight is 402 g/mol. The Balaban J connectivity index is 1.37. The van der Waals surface area contributed by atoms with Crippen LogP contribution in [0.2, 0.25) is 0 Å². The summed E-state index contributed by atoms with van der Waals surface area (Å²) in [6.07, 6.45) is 0. The minimum atomic E-state index is 0.0992. The molecule has 1 N–H and O–H groups in total. The number of carbonyl (C=O) groups excluding carboxylic acids is 1. The molecule has 3 aromatic rings. The number of piperazine rings is 1. The second kappa shape index (κ2) is 7.75. The summed E-state index contributed by atoms with van der Waals surface area (Å²) in [5.41, 5.74) is 1.92. The van der Waals surface area contributed by atoms with Crippen LogP contribution in [0, 0.1) is 4.84 Å². The van der Waals surface area contributed by atoms with Crippen molar-refractivity contribution in [1.82, 2.24) is 9.78 Å². The number of ketones is 1. The highest BCUT2D eigenvalue weighted by Gasteiger charge is 2.22. The Bertz CT molecular complexity index is 968. The van der Waals surface area contributed by atoms with Gasteiger partial charge in [0.05, 0.1) is 31.1 Å². The van der Waals surface area contributed by atoms with Crippen molar-refractivity contribution in [3.63, 3.8) is 0 Å². The molecule has 3 heterocycles. The van der Waals surface area contributed by atoms with E-state index < -0.39 is 0 Å². The first-order valence-electron chi connectivity index (χ1n) is 8.91. The molecule has 27 heavy (non-hydrogen) atoms. The fourth-order valence-electron chi connectivity index (χ4n) is 3.26. The molecule has 0 amide bonds. The number of anilines is 1. The highest BCUT2D eigenvalue weighted by molar-refractivity contribution is 7.71. The van der Waals surface area contributed by atoms with E-state index in [0.29, 0.717) is 17.4 Å². The predicted octanol–water partition coefficient (Wildman–Crippen LogP) is 2.50. The molecule has 8 heteroatoms. The normalized spacial score (nSPS) is 15.2. The topological polar surface area (TPSA) is 55.7 Å². The van der Waals surface area contributed by atoms with Crippen LogP contribution < -0.4 is 9.80 Å². The molecule has 0 atom stereocenters. The minimum Gasteiger partial charge on any atom is -0.408 e. The third kappa shape index (κ3) is 4.02. The largest absolute Gasteiger partial charge is 0.408 e. The molecule has 1 aliphatic rings. The van der Waals surface area contributed by atoms with Crippen molar-refractivity contribution in [3.05, 3.63) is 52.2 Å². The second-order valence-corrected chi connectivity index (χ2v) is 7.95. The Labute approximate surface area is 166 Å². The molecule has 1 aliphatic heterocycles. The fourth-order valence-corrected chi connectivity index (χ4v) is 4.09. The Morgan fingerprint density at radius 3 is 2.63 bits per heavy atom. The minimum absolute atomic E-state index is 0.0992. The number of hydrogen-bond donors (Lipinski definition) is 1. The number of Topliss-reactive ketones (excluding diaryl/α,β-unsaturated/α-hetero) is 1. The molecule has 2 aromatic heterocycles. The van der Waals surface area contributed by atoms with Crippen LogP contribution in [0.5, 0.6) is 0 Å². The van der Waals surface area contributed by atoms with E-state index in [1.54, 1.807) is 22.9 Å². The van der Waals surface area contributed by atoms with E-state index in [-0.39, 0.29) is 5.78 Å². The first-order valence-corrected chi connectivity index (χ1v) is 10.2. The first-order chi connectivity index (χ1) is 13.1. The summed E-state index contributed by atoms with van der Waals surface area (Å²) in [4.78, 5) is 16.6. The number of quaternary nitrogens is 1. The smallest absolute Gasteiger partial charge is 0.292 e. The summed E-state index contributed by atoms with van der Waals surface area (Å²) < 4.78 is 7.44. The fraction of sp³-hybridized carbons (Fsp3) is 0.316. The SMILES string of the molecule is CC(=O)c1ccc(N2CC[NH+](Cn3nc(-c4cccs4)oc3=S)CC2)cc1. The maximum atomic E-state index is 11.4. The van der Waals surface area contributed by atoms with Gasteiger partial charge in [0.25, 0.3) is 10.7 Å². The molecule has 0 spiro atoms. The summed E-state index contributed by atoms with van der Waals surface area (Å²) in [7, 11) is 0. The van der Waals surface area contributed by atoms with E-state index in [1.807, 2.05) is 41.8 Å². The van der Waals surface area contributed by atoms with E-state index in [4.69, 9.17) is 16.6 Å². The maximum absolute atomic E-state index is 11.4. The van der Waals surface area contributed by atoms with Crippen molar-refractivity contribution in [3.8, 4) is 10.8 Å². The van der Waals surface area contributed by atoms with E-state index in [1.165, 1.54) is 4.90 Å². The number of carbonyl (C=O) groups is 1. The molecule has 140 valence electrons. The zero-order valence-corrected chi connectivity index (χ0v) is 16.7. The zero-order valence-electron chi connectivity index (χ0n) is 15.1. The van der Waals surface area contributed by atoms with Gasteiger partial charge in [0.15, 0.2) is 12.5 Å². The van der Waals surface area contributed by atoms with Gasteiger partial charge >= 0.3 is 0 Å². The summed E-state index contributed by atoms with van der Waals surface area (Å²) in [6, 6.07) is 11.8. The van der Waals surface area contributed by atoms with Crippen LogP contribution in [0.15, 0.2) is 46.2 Å². The van der Waals surface area contributed by atoms with Crippen LogP contribution in [0.3, 0.4) is 0 Å². The van der Waals surface area contributed by atoms with Gasteiger partial charge in [-0.05, 0) is 54.9 Å². The molecule has 4 rings (SSSR count). The number of nitrogens with zero attached hydrogens (tertiary/aromatic N) is 3. The van der Waals surface area contributed by atoms with Crippen molar-refractivity contribution in [2.45, 2.75) is 13.6 Å². The van der Waals surface area contributed by atoms with Crippen molar-refractivity contribution in [2.75, 3.05) is 31.1 Å². The van der Waals surface area contributed by atoms with Gasteiger partial charge in [0.2, 0.25) is 0 Å². The summed E-state index contributed by atoms with van der Waals surface area (Å²) in [6.45, 7) is 6.21. The van der Waals surface area contributed by atoms with Gasteiger partial charge in [-0.15, -0.1) is 16.4 Å². The maximum Gasteiger partial charge on any atom is 0.292 e. The molecular formula is C19H21N4O2S2+. The molecule has 1 saturated heterocycles. The molecule has 0 bridgehead atoms. The Hall–Kier alpha value is -2.29. The molecule has 1 aromatic carbocycles. The van der Waals surface area contributed by atoms with Crippen LogP contribution >= 0.6 is 23.6 Å². The molecule has 0 radical (unpaired) electrons. The third-order valence-electron chi connectivity index (χ3n) is 4.82. The van der Waals surface area contributed by atoms with Gasteiger partial charge in [0.1, 0.15) is 0 Å². The van der Waals surface area contributed by atoms with Crippen molar-refractivity contribution in [1.29, 1.82) is 0 Å². The van der Waals surface area contributed by atoms with E-state index in [2.05, 4.69) is 10.00 Å². The Morgan fingerprint density at radius 1 is 1.26 bits per heavy atom. The van der Waals surface area contributed by atoms with E-state index in [0.717, 1.165) is 42.3 Å². The van der Waals surface area contributed by atoms with Gasteiger partial charge < -0.3 is 14.2 Å². The molecule has 1 fully saturated rings. The van der Waals surface area contributed by atoms with Crippen LogP contribution in [-0.2, 0) is 6.67 Å². The lowest BCUT2D eigenvalue weighted by atomic mass is 10.1. The standard InChI is InChI=1S/C19H20N4O2S2/c1-14(24)15-4-6-16(7-5-15)22-10-8-21(9-11-22)13-23-19(26)25-18(20-23)17-3-2-12-27-17/h2-7,12H,8-11,13H2,1H3/p+1. The Morgan fingerprint density at radius 2 is 2.00 bits per heavy atom. The van der Waals surface area contributed by atoms with Crippen LogP contribution in [-0.4, -0.2) is 41.7 Å². The van der Waals surface area contributed by atoms with Gasteiger partial charge in [-0.2, -0.15) is 4.68 Å². The predicted molar refractivity (Wildman–Crippen MR) is 108 cm³/mol. The van der Waals surface area contributed by atoms with Gasteiger partial charge in [-0.3, -0.25) is 4.79 Å². The van der Waals surface area contributed by atoms with E-state index >= 15 is 0 Å². The summed E-state index contributed by atoms with van der Waals surface area (Å²) in [5, 5.41) is 6.54. The zero-order chi connectivity index (χ0) is 18.8. The van der Waals surface area contributed by atoms with E-state index in [9.17, 15) is 4.79 Å². The summed E-state index contributed by atoms with van der Waals surface area (Å²) in [5.74, 6) is 0.695. The molecular weight excluding hydrogens is 380 g/mol. The quantitative estimate of drug-likeness (QED) is 0.526. The first kappa shape index (κ1) is 18.1. The van der Waals surface area contributed by atoms with Crippen LogP contribution in [0.1, 0.15) is 17.3 Å². The molecule has 0 aliphatic carbocycles. The third-order valence-corrected chi connectivity index (χ3v) is 5.97. The highest BCUT2D eigenvalue weighted by atomic mass is 32.1. The highest BCUT2D eigenvalue weighted by Crippen LogP contribution is 2.22. The molecule has 6 nitrogen and oxygen atoms in total. The van der Waals surface area contributed by atoms with Crippen LogP contribution in [0.25, 0.3) is 10.8 Å². The van der Waals surface area contributed by atoms with Gasteiger partial charge in [-0.1, -0.05) is 6.07 Å². The Kier molecular flexibility index (Phi) is 5.20. The van der Waals surface area contributed by atoms with Gasteiger partial charge in [0, 0.05) is 11.3 Å². The lowest BCUT2D eigenvalue weighted by molar-refractivity contribution is -0.924. The molecule has 0 saturated carbocycles. The summed E-state index contributed by atoms with van der Waals surface area (Å²) >= 11 is 6.93. The number of aromatic nitrogens is 2.